The molecule has 2 amide bonds. The van der Waals surface area contributed by atoms with E-state index in [0.717, 1.165) is 11.2 Å². The number of methoxy groups -OCH3 is 1. The normalized spacial score (nSPS) is 22.6. The zero-order valence-corrected chi connectivity index (χ0v) is 19.8. The molecule has 6 nitrogen and oxygen atoms in total. The number of fused-ring (bicyclic) bond motifs is 3. The Balaban J connectivity index is 1.43. The van der Waals surface area contributed by atoms with Crippen molar-refractivity contribution in [3.05, 3.63) is 95.7 Å². The number of nitrogens with one attached hydrogen (secondary N) is 1. The Morgan fingerprint density at radius 3 is 2.43 bits per heavy atom. The number of amides is 2. The second kappa shape index (κ2) is 8.40. The lowest BCUT2D eigenvalue weighted by Crippen LogP contribution is -2.47. The van der Waals surface area contributed by atoms with Crippen LogP contribution in [0.4, 0.5) is 5.69 Å². The van der Waals surface area contributed by atoms with Gasteiger partial charge in [0.25, 0.3) is 5.91 Å². The molecule has 6 heteroatoms. The van der Waals surface area contributed by atoms with Crippen LogP contribution >= 0.6 is 0 Å². The Morgan fingerprint density at radius 2 is 1.63 bits per heavy atom. The Kier molecular flexibility index (Phi) is 5.19. The minimum absolute atomic E-state index is 0.0447. The second-order valence-corrected chi connectivity index (χ2v) is 9.29. The fourth-order valence-corrected chi connectivity index (χ4v) is 5.81. The number of aromatic nitrogens is 1. The fourth-order valence-electron chi connectivity index (χ4n) is 5.81. The summed E-state index contributed by atoms with van der Waals surface area (Å²) in [5.41, 5.74) is 5.20. The molecule has 0 bridgehead atoms. The first-order valence-electron chi connectivity index (χ1n) is 12.0. The van der Waals surface area contributed by atoms with Gasteiger partial charge < -0.3 is 9.72 Å². The van der Waals surface area contributed by atoms with Gasteiger partial charge in [-0.05, 0) is 36.2 Å². The summed E-state index contributed by atoms with van der Waals surface area (Å²) in [6, 6.07) is 25.4. The van der Waals surface area contributed by atoms with Crippen LogP contribution < -0.4 is 9.64 Å². The molecule has 0 radical (unpaired) electrons. The van der Waals surface area contributed by atoms with E-state index >= 15 is 0 Å². The number of nitrogens with zero attached hydrogens (tertiary/aromatic N) is 2. The van der Waals surface area contributed by atoms with Crippen LogP contribution in [-0.2, 0) is 9.59 Å². The van der Waals surface area contributed by atoms with Gasteiger partial charge in [-0.3, -0.25) is 14.5 Å². The molecular formula is C29H27N3O3. The average Bonchev–Trinajstić information content (AvgIpc) is 3.42. The molecule has 0 saturated carbocycles. The fraction of sp³-hybridized carbons (Fsp3) is 0.241. The lowest BCUT2D eigenvalue weighted by molar-refractivity contribution is -0.123. The van der Waals surface area contributed by atoms with E-state index in [1.165, 1.54) is 21.4 Å². The lowest BCUT2D eigenvalue weighted by atomic mass is 9.83. The van der Waals surface area contributed by atoms with Gasteiger partial charge in [0.05, 0.1) is 25.3 Å². The predicted molar refractivity (Wildman–Crippen MR) is 136 cm³/mol. The second-order valence-electron chi connectivity index (χ2n) is 9.29. The highest BCUT2D eigenvalue weighted by Crippen LogP contribution is 2.45. The third-order valence-electron chi connectivity index (χ3n) is 7.49. The number of para-hydroxylation sites is 3. The van der Waals surface area contributed by atoms with Crippen LogP contribution in [0.15, 0.2) is 78.9 Å². The maximum absolute atomic E-state index is 13.8. The van der Waals surface area contributed by atoms with Crippen molar-refractivity contribution in [3.8, 4) is 5.75 Å². The van der Waals surface area contributed by atoms with Crippen molar-refractivity contribution >= 4 is 28.4 Å². The Hall–Kier alpha value is -3.90. The Labute approximate surface area is 204 Å². The summed E-state index contributed by atoms with van der Waals surface area (Å²) in [7, 11) is 1.55. The summed E-state index contributed by atoms with van der Waals surface area (Å²) in [5.74, 6) is 0.205. The summed E-state index contributed by atoms with van der Waals surface area (Å²) < 4.78 is 5.45. The van der Waals surface area contributed by atoms with E-state index in [4.69, 9.17) is 4.74 Å². The average molecular weight is 466 g/mol. The van der Waals surface area contributed by atoms with Crippen LogP contribution in [-0.4, -0.2) is 41.4 Å². The number of ether oxygens (including phenoxy) is 1. The predicted octanol–water partition coefficient (Wildman–Crippen LogP) is 5.02. The maximum atomic E-state index is 13.8. The van der Waals surface area contributed by atoms with Crippen molar-refractivity contribution in [3.63, 3.8) is 0 Å². The van der Waals surface area contributed by atoms with Crippen molar-refractivity contribution in [2.45, 2.75) is 31.3 Å². The van der Waals surface area contributed by atoms with Crippen molar-refractivity contribution in [2.24, 2.45) is 0 Å². The molecule has 2 aliphatic rings. The molecule has 176 valence electrons. The van der Waals surface area contributed by atoms with Crippen LogP contribution in [0.5, 0.6) is 5.75 Å². The molecule has 6 rings (SSSR count). The molecule has 4 aromatic rings. The third kappa shape index (κ3) is 3.36. The Bertz CT molecular complexity index is 1430. The van der Waals surface area contributed by atoms with Crippen LogP contribution in [0.3, 0.4) is 0 Å². The molecule has 0 spiro atoms. The van der Waals surface area contributed by atoms with Gasteiger partial charge in [0.1, 0.15) is 5.75 Å². The molecule has 1 N–H and O–H groups in total. The smallest absolute Gasteiger partial charge is 0.251 e. The largest absolute Gasteiger partial charge is 0.495 e. The number of H-pyrrole nitrogens is 1. The first-order valence-corrected chi connectivity index (χ1v) is 12.0. The molecule has 3 aromatic carbocycles. The number of hydrogen-bond acceptors (Lipinski definition) is 4. The minimum Gasteiger partial charge on any atom is -0.495 e. The van der Waals surface area contributed by atoms with E-state index in [2.05, 4.69) is 59.3 Å². The molecule has 0 aliphatic carbocycles. The molecule has 1 aromatic heterocycles. The zero-order chi connectivity index (χ0) is 24.1. The van der Waals surface area contributed by atoms with Crippen LogP contribution in [0, 0.1) is 0 Å². The SMILES string of the molecule is COc1ccccc1N1C(=O)CC(N2CC(c3ccccc3)c3c([nH]c4ccccc34)C2C)C1=O. The highest BCUT2D eigenvalue weighted by molar-refractivity contribution is 6.23. The number of aromatic amines is 1. The van der Waals surface area contributed by atoms with E-state index in [-0.39, 0.29) is 30.2 Å². The number of hydrogen-bond donors (Lipinski definition) is 1. The van der Waals surface area contributed by atoms with Crippen molar-refractivity contribution in [1.29, 1.82) is 0 Å². The van der Waals surface area contributed by atoms with Crippen LogP contribution in [0.25, 0.3) is 10.9 Å². The first-order chi connectivity index (χ1) is 17.1. The van der Waals surface area contributed by atoms with Gasteiger partial charge in [-0.25, -0.2) is 4.90 Å². The van der Waals surface area contributed by atoms with Gasteiger partial charge in [-0.2, -0.15) is 0 Å². The van der Waals surface area contributed by atoms with Gasteiger partial charge in [-0.15, -0.1) is 0 Å². The standard InChI is InChI=1S/C29H27N3O3/c1-18-28-27(20-12-6-7-13-22(20)30-28)21(19-10-4-3-5-11-19)17-31(18)24-16-26(33)32(29(24)34)23-14-8-9-15-25(23)35-2/h3-15,18,21,24,30H,16-17H2,1-2H3. The first kappa shape index (κ1) is 21.6. The molecule has 3 unspecified atom stereocenters. The van der Waals surface area contributed by atoms with E-state index in [9.17, 15) is 9.59 Å². The maximum Gasteiger partial charge on any atom is 0.251 e. The number of benzene rings is 3. The van der Waals surface area contributed by atoms with Crippen molar-refractivity contribution in [2.75, 3.05) is 18.6 Å². The van der Waals surface area contributed by atoms with Gasteiger partial charge in [0, 0.05) is 35.1 Å². The number of carbonyl (C=O) groups is 2. The topological polar surface area (TPSA) is 65.6 Å². The number of carbonyl (C=O) groups excluding carboxylic acids is 2. The van der Waals surface area contributed by atoms with E-state index in [1.54, 1.807) is 19.2 Å². The molecule has 35 heavy (non-hydrogen) atoms. The zero-order valence-electron chi connectivity index (χ0n) is 19.8. The van der Waals surface area contributed by atoms with Crippen LogP contribution in [0.1, 0.15) is 42.1 Å². The molecular weight excluding hydrogens is 438 g/mol. The summed E-state index contributed by atoms with van der Waals surface area (Å²) in [5, 5.41) is 1.22. The molecule has 2 aliphatic heterocycles. The minimum atomic E-state index is -0.534. The number of rotatable bonds is 4. The molecule has 3 atom stereocenters. The van der Waals surface area contributed by atoms with Gasteiger partial charge in [-0.1, -0.05) is 60.7 Å². The Morgan fingerprint density at radius 1 is 0.914 bits per heavy atom. The van der Waals surface area contributed by atoms with Crippen molar-refractivity contribution < 1.29 is 14.3 Å². The molecule has 3 heterocycles. The summed E-state index contributed by atoms with van der Waals surface area (Å²) in [6.45, 7) is 2.78. The summed E-state index contributed by atoms with van der Waals surface area (Å²) in [4.78, 5) is 34.1. The van der Waals surface area contributed by atoms with Crippen molar-refractivity contribution in [1.82, 2.24) is 9.88 Å². The van der Waals surface area contributed by atoms with E-state index in [1.807, 2.05) is 24.3 Å². The van der Waals surface area contributed by atoms with E-state index in [0.29, 0.717) is 18.0 Å². The van der Waals surface area contributed by atoms with E-state index < -0.39 is 6.04 Å². The van der Waals surface area contributed by atoms with Crippen LogP contribution in [0.2, 0.25) is 0 Å². The van der Waals surface area contributed by atoms with Gasteiger partial charge in [0.2, 0.25) is 5.91 Å². The van der Waals surface area contributed by atoms with Gasteiger partial charge >= 0.3 is 0 Å². The lowest BCUT2D eigenvalue weighted by Gasteiger charge is -2.41. The highest BCUT2D eigenvalue weighted by atomic mass is 16.5. The summed E-state index contributed by atoms with van der Waals surface area (Å²) >= 11 is 0. The quantitative estimate of drug-likeness (QED) is 0.430. The highest BCUT2D eigenvalue weighted by Gasteiger charge is 2.48. The number of anilines is 1. The number of imide groups is 1. The summed E-state index contributed by atoms with van der Waals surface area (Å²) in [6.07, 6.45) is 0.151. The third-order valence-corrected chi connectivity index (χ3v) is 7.49. The monoisotopic (exact) mass is 465 g/mol. The molecule has 1 fully saturated rings. The van der Waals surface area contributed by atoms with Gasteiger partial charge in [0.15, 0.2) is 0 Å². The molecule has 1 saturated heterocycles.